The normalized spacial score (nSPS) is 10.6. The van der Waals surface area contributed by atoms with E-state index in [1.165, 1.54) is 4.90 Å². The molecule has 2 aromatic rings. The predicted octanol–water partition coefficient (Wildman–Crippen LogP) is 1.69. The van der Waals surface area contributed by atoms with Crippen molar-refractivity contribution in [2.24, 2.45) is 5.73 Å². The van der Waals surface area contributed by atoms with E-state index in [-0.39, 0.29) is 12.7 Å². The first-order chi connectivity index (χ1) is 8.72. The maximum atomic E-state index is 11.6. The largest absolute Gasteiger partial charge is 0.444 e. The number of nitrogens with one attached hydrogen (secondary N) is 1. The van der Waals surface area contributed by atoms with Gasteiger partial charge in [-0.2, -0.15) is 0 Å². The number of aromatic nitrogens is 1. The second-order valence-electron chi connectivity index (χ2n) is 4.12. The van der Waals surface area contributed by atoms with Gasteiger partial charge in [0.15, 0.2) is 0 Å². The number of para-hydroxylation sites is 1. The van der Waals surface area contributed by atoms with Gasteiger partial charge in [-0.25, -0.2) is 4.79 Å². The Morgan fingerprint density at radius 3 is 3.00 bits per heavy atom. The van der Waals surface area contributed by atoms with Crippen LogP contribution >= 0.6 is 0 Å². The minimum atomic E-state index is -0.356. The zero-order valence-corrected chi connectivity index (χ0v) is 10.3. The van der Waals surface area contributed by atoms with Gasteiger partial charge in [0, 0.05) is 42.8 Å². The van der Waals surface area contributed by atoms with E-state index in [0.29, 0.717) is 13.1 Å². The van der Waals surface area contributed by atoms with Gasteiger partial charge in [0.05, 0.1) is 0 Å². The van der Waals surface area contributed by atoms with Gasteiger partial charge in [-0.3, -0.25) is 0 Å². The van der Waals surface area contributed by atoms with Crippen LogP contribution in [0.4, 0.5) is 4.79 Å². The van der Waals surface area contributed by atoms with Crippen LogP contribution in [0.1, 0.15) is 5.56 Å². The van der Waals surface area contributed by atoms with E-state index in [9.17, 15) is 4.79 Å². The van der Waals surface area contributed by atoms with Crippen molar-refractivity contribution in [3.63, 3.8) is 0 Å². The van der Waals surface area contributed by atoms with Crippen molar-refractivity contribution in [2.75, 3.05) is 20.1 Å². The van der Waals surface area contributed by atoms with Gasteiger partial charge in [-0.05, 0) is 6.07 Å². The first kappa shape index (κ1) is 12.4. The number of benzene rings is 1. The Hall–Kier alpha value is -2.01. The van der Waals surface area contributed by atoms with Gasteiger partial charge in [0.1, 0.15) is 6.61 Å². The lowest BCUT2D eigenvalue weighted by Crippen LogP contribution is -2.32. The zero-order valence-electron chi connectivity index (χ0n) is 10.3. The Morgan fingerprint density at radius 2 is 2.22 bits per heavy atom. The van der Waals surface area contributed by atoms with Gasteiger partial charge in [-0.1, -0.05) is 18.2 Å². The molecule has 96 valence electrons. The average Bonchev–Trinajstić information content (AvgIpc) is 2.79. The molecule has 0 atom stereocenters. The number of hydrogen-bond acceptors (Lipinski definition) is 3. The Labute approximate surface area is 106 Å². The van der Waals surface area contributed by atoms with Crippen molar-refractivity contribution in [1.29, 1.82) is 0 Å². The van der Waals surface area contributed by atoms with Crippen molar-refractivity contribution in [3.8, 4) is 0 Å². The summed E-state index contributed by atoms with van der Waals surface area (Å²) in [6, 6.07) is 7.91. The third kappa shape index (κ3) is 2.62. The van der Waals surface area contributed by atoms with E-state index in [2.05, 4.69) is 4.98 Å². The maximum absolute atomic E-state index is 11.6. The molecule has 0 spiro atoms. The molecular weight excluding hydrogens is 230 g/mol. The summed E-state index contributed by atoms with van der Waals surface area (Å²) < 4.78 is 5.22. The number of H-pyrrole nitrogens is 1. The molecule has 0 aliphatic carbocycles. The second kappa shape index (κ2) is 5.55. The van der Waals surface area contributed by atoms with E-state index in [1.807, 2.05) is 30.5 Å². The highest BCUT2D eigenvalue weighted by atomic mass is 16.6. The molecule has 3 N–H and O–H groups in total. The van der Waals surface area contributed by atoms with Gasteiger partial charge >= 0.3 is 6.09 Å². The number of ether oxygens (including phenoxy) is 1. The van der Waals surface area contributed by atoms with Crippen LogP contribution in [0.15, 0.2) is 30.5 Å². The summed E-state index contributed by atoms with van der Waals surface area (Å²) in [5.41, 5.74) is 7.39. The molecular formula is C13H17N3O2. The molecule has 0 bridgehead atoms. The third-order valence-corrected chi connectivity index (χ3v) is 2.80. The minimum Gasteiger partial charge on any atom is -0.444 e. The van der Waals surface area contributed by atoms with E-state index < -0.39 is 0 Å². The highest BCUT2D eigenvalue weighted by Gasteiger charge is 2.10. The number of amides is 1. The van der Waals surface area contributed by atoms with Crippen molar-refractivity contribution in [3.05, 3.63) is 36.0 Å². The topological polar surface area (TPSA) is 71.3 Å². The molecule has 0 aliphatic rings. The summed E-state index contributed by atoms with van der Waals surface area (Å²) in [5.74, 6) is 0. The Balaban J connectivity index is 2.00. The average molecular weight is 247 g/mol. The minimum absolute atomic E-state index is 0.262. The number of carbonyl (C=O) groups is 1. The number of likely N-dealkylation sites (N-methyl/N-ethyl adjacent to an activating group) is 1. The summed E-state index contributed by atoms with van der Waals surface area (Å²) in [4.78, 5) is 16.2. The molecule has 0 unspecified atom stereocenters. The van der Waals surface area contributed by atoms with E-state index in [0.717, 1.165) is 16.5 Å². The number of carbonyl (C=O) groups excluding carboxylic acids is 1. The first-order valence-electron chi connectivity index (χ1n) is 5.85. The van der Waals surface area contributed by atoms with Crippen LogP contribution in [0.25, 0.3) is 10.9 Å². The number of nitrogens with two attached hydrogens (primary N) is 1. The summed E-state index contributed by atoms with van der Waals surface area (Å²) in [6.45, 7) is 1.18. The fraction of sp³-hybridized carbons (Fsp3) is 0.308. The monoisotopic (exact) mass is 247 g/mol. The van der Waals surface area contributed by atoms with Crippen molar-refractivity contribution >= 4 is 17.0 Å². The fourth-order valence-corrected chi connectivity index (χ4v) is 1.79. The fourth-order valence-electron chi connectivity index (χ4n) is 1.79. The Morgan fingerprint density at radius 1 is 1.44 bits per heavy atom. The van der Waals surface area contributed by atoms with Crippen molar-refractivity contribution in [2.45, 2.75) is 6.61 Å². The lowest BCUT2D eigenvalue weighted by Gasteiger charge is -2.15. The van der Waals surface area contributed by atoms with Crippen molar-refractivity contribution in [1.82, 2.24) is 9.88 Å². The number of hydrogen-bond donors (Lipinski definition) is 2. The highest BCUT2D eigenvalue weighted by Crippen LogP contribution is 2.18. The number of nitrogens with zero attached hydrogens (tertiary/aromatic N) is 1. The van der Waals surface area contributed by atoms with Crippen LogP contribution in [-0.2, 0) is 11.3 Å². The lowest BCUT2D eigenvalue weighted by atomic mass is 10.2. The Kier molecular flexibility index (Phi) is 3.84. The molecule has 2 rings (SSSR count). The molecule has 0 saturated carbocycles. The third-order valence-electron chi connectivity index (χ3n) is 2.80. The maximum Gasteiger partial charge on any atom is 0.409 e. The molecule has 0 saturated heterocycles. The van der Waals surface area contributed by atoms with Crippen LogP contribution in [0.2, 0.25) is 0 Å². The standard InChI is InChI=1S/C13H17N3O2/c1-16(7-6-14)13(17)18-9-10-8-15-12-5-3-2-4-11(10)12/h2-5,8,15H,6-7,9,14H2,1H3. The molecule has 5 heteroatoms. The van der Waals surface area contributed by atoms with Crippen LogP contribution < -0.4 is 5.73 Å². The summed E-state index contributed by atoms with van der Waals surface area (Å²) in [6.07, 6.45) is 1.51. The molecule has 0 aliphatic heterocycles. The number of aromatic amines is 1. The van der Waals surface area contributed by atoms with Crippen molar-refractivity contribution < 1.29 is 9.53 Å². The quantitative estimate of drug-likeness (QED) is 0.863. The van der Waals surface area contributed by atoms with Crippen LogP contribution in [0.5, 0.6) is 0 Å². The molecule has 0 radical (unpaired) electrons. The van der Waals surface area contributed by atoms with Gasteiger partial charge in [0.25, 0.3) is 0 Å². The molecule has 1 heterocycles. The van der Waals surface area contributed by atoms with Crippen LogP contribution in [0.3, 0.4) is 0 Å². The second-order valence-corrected chi connectivity index (χ2v) is 4.12. The molecule has 1 aromatic heterocycles. The molecule has 1 aromatic carbocycles. The van der Waals surface area contributed by atoms with E-state index in [1.54, 1.807) is 7.05 Å². The Bertz CT molecular complexity index is 536. The summed E-state index contributed by atoms with van der Waals surface area (Å²) >= 11 is 0. The summed E-state index contributed by atoms with van der Waals surface area (Å²) in [5, 5.41) is 1.08. The van der Waals surface area contributed by atoms with Gasteiger partial charge < -0.3 is 20.4 Å². The van der Waals surface area contributed by atoms with Gasteiger partial charge in [-0.15, -0.1) is 0 Å². The van der Waals surface area contributed by atoms with Gasteiger partial charge in [0.2, 0.25) is 0 Å². The molecule has 18 heavy (non-hydrogen) atoms. The van der Waals surface area contributed by atoms with E-state index in [4.69, 9.17) is 10.5 Å². The molecule has 5 nitrogen and oxygen atoms in total. The molecule has 0 fully saturated rings. The smallest absolute Gasteiger partial charge is 0.409 e. The van der Waals surface area contributed by atoms with E-state index >= 15 is 0 Å². The highest BCUT2D eigenvalue weighted by molar-refractivity contribution is 5.83. The predicted molar refractivity (Wildman–Crippen MR) is 70.2 cm³/mol. The lowest BCUT2D eigenvalue weighted by molar-refractivity contribution is 0.106. The van der Waals surface area contributed by atoms with Crippen LogP contribution in [0, 0.1) is 0 Å². The number of fused-ring (bicyclic) bond motifs is 1. The zero-order chi connectivity index (χ0) is 13.0. The van der Waals surface area contributed by atoms with Crippen LogP contribution in [-0.4, -0.2) is 36.1 Å². The summed E-state index contributed by atoms with van der Waals surface area (Å²) in [7, 11) is 1.67. The molecule has 1 amide bonds. The first-order valence-corrected chi connectivity index (χ1v) is 5.85. The number of rotatable bonds is 4. The SMILES string of the molecule is CN(CCN)C(=O)OCc1c[nH]c2ccccc12.